The number of aromatic carboxylic acids is 1. The number of aromatic nitrogens is 1. The number of halogens is 1. The molecule has 0 unspecified atom stereocenters. The van der Waals surface area contributed by atoms with Gasteiger partial charge in [-0.1, -0.05) is 23.4 Å². The molecule has 0 atom stereocenters. The molecule has 6 heteroatoms. The first-order valence-electron chi connectivity index (χ1n) is 7.87. The maximum atomic E-state index is 12.0. The SMILES string of the molecule is CCn1c(Sc2ccc(Cl)cc2)c(C(=O)O)c2c(C)c(O)c(C)cc21. The third-order valence-corrected chi connectivity index (χ3v) is 5.65. The number of phenols is 1. The summed E-state index contributed by atoms with van der Waals surface area (Å²) in [5.41, 5.74) is 2.38. The van der Waals surface area contributed by atoms with E-state index in [9.17, 15) is 15.0 Å². The van der Waals surface area contributed by atoms with Gasteiger partial charge in [-0.2, -0.15) is 0 Å². The maximum absolute atomic E-state index is 12.0. The summed E-state index contributed by atoms with van der Waals surface area (Å²) in [6.45, 7) is 6.19. The van der Waals surface area contributed by atoms with Gasteiger partial charge in [0.25, 0.3) is 0 Å². The molecular formula is C19H18ClNO3S. The lowest BCUT2D eigenvalue weighted by Gasteiger charge is -2.09. The zero-order valence-corrected chi connectivity index (χ0v) is 15.7. The first-order valence-corrected chi connectivity index (χ1v) is 9.06. The Morgan fingerprint density at radius 2 is 1.88 bits per heavy atom. The van der Waals surface area contributed by atoms with Gasteiger partial charge in [0.2, 0.25) is 0 Å². The quantitative estimate of drug-likeness (QED) is 0.633. The summed E-state index contributed by atoms with van der Waals surface area (Å²) in [4.78, 5) is 12.9. The van der Waals surface area contributed by atoms with Crippen LogP contribution in [0.1, 0.15) is 28.4 Å². The van der Waals surface area contributed by atoms with Crippen LogP contribution >= 0.6 is 23.4 Å². The van der Waals surface area contributed by atoms with E-state index < -0.39 is 5.97 Å². The van der Waals surface area contributed by atoms with Crippen molar-refractivity contribution in [2.45, 2.75) is 37.2 Å². The van der Waals surface area contributed by atoms with Crippen LogP contribution in [0.15, 0.2) is 40.3 Å². The normalized spacial score (nSPS) is 11.2. The van der Waals surface area contributed by atoms with Gasteiger partial charge in [-0.3, -0.25) is 0 Å². The smallest absolute Gasteiger partial charge is 0.339 e. The fraction of sp³-hybridized carbons (Fsp3) is 0.211. The first kappa shape index (κ1) is 17.7. The number of hydrogen-bond acceptors (Lipinski definition) is 3. The zero-order valence-electron chi connectivity index (χ0n) is 14.1. The minimum absolute atomic E-state index is 0.145. The van der Waals surface area contributed by atoms with Gasteiger partial charge in [0.15, 0.2) is 0 Å². The number of aryl methyl sites for hydroxylation is 3. The molecule has 1 heterocycles. The highest BCUT2D eigenvalue weighted by atomic mass is 35.5. The summed E-state index contributed by atoms with van der Waals surface area (Å²) < 4.78 is 1.98. The van der Waals surface area contributed by atoms with Gasteiger partial charge in [0.05, 0.1) is 16.1 Å². The molecule has 130 valence electrons. The molecule has 0 aliphatic rings. The summed E-state index contributed by atoms with van der Waals surface area (Å²) in [5, 5.41) is 22.0. The highest BCUT2D eigenvalue weighted by Crippen LogP contribution is 2.41. The van der Waals surface area contributed by atoms with Crippen molar-refractivity contribution in [3.63, 3.8) is 0 Å². The highest BCUT2D eigenvalue weighted by molar-refractivity contribution is 7.99. The van der Waals surface area contributed by atoms with E-state index in [0.717, 1.165) is 16.0 Å². The van der Waals surface area contributed by atoms with Crippen molar-refractivity contribution in [1.29, 1.82) is 0 Å². The molecule has 2 aromatic carbocycles. The summed E-state index contributed by atoms with van der Waals surface area (Å²) in [6, 6.07) is 9.15. The van der Waals surface area contributed by atoms with Crippen molar-refractivity contribution < 1.29 is 15.0 Å². The maximum Gasteiger partial charge on any atom is 0.339 e. The van der Waals surface area contributed by atoms with E-state index in [1.54, 1.807) is 19.1 Å². The van der Waals surface area contributed by atoms with Crippen LogP contribution in [0.3, 0.4) is 0 Å². The van der Waals surface area contributed by atoms with E-state index in [4.69, 9.17) is 11.6 Å². The molecule has 0 saturated heterocycles. The predicted molar refractivity (Wildman–Crippen MR) is 101 cm³/mol. The number of carbonyl (C=O) groups is 1. The molecule has 2 N–H and O–H groups in total. The predicted octanol–water partition coefficient (Wildman–Crippen LogP) is 5.49. The second kappa shape index (κ2) is 6.65. The highest BCUT2D eigenvalue weighted by Gasteiger charge is 2.25. The molecule has 0 saturated carbocycles. The Morgan fingerprint density at radius 1 is 1.24 bits per heavy atom. The average molecular weight is 376 g/mol. The van der Waals surface area contributed by atoms with Crippen molar-refractivity contribution in [1.82, 2.24) is 4.57 Å². The monoisotopic (exact) mass is 375 g/mol. The summed E-state index contributed by atoms with van der Waals surface area (Å²) in [5.74, 6) is -0.855. The molecule has 1 aromatic heterocycles. The number of hydrogen-bond donors (Lipinski definition) is 2. The van der Waals surface area contributed by atoms with Gasteiger partial charge in [0.1, 0.15) is 5.75 Å². The van der Waals surface area contributed by atoms with Crippen molar-refractivity contribution in [3.8, 4) is 5.75 Å². The molecule has 0 aliphatic heterocycles. The Bertz CT molecular complexity index is 977. The molecule has 0 amide bonds. The largest absolute Gasteiger partial charge is 0.507 e. The van der Waals surface area contributed by atoms with Crippen molar-refractivity contribution >= 4 is 40.2 Å². The van der Waals surface area contributed by atoms with Crippen LogP contribution in [0.2, 0.25) is 5.02 Å². The fourth-order valence-corrected chi connectivity index (χ4v) is 4.31. The van der Waals surface area contributed by atoms with Crippen LogP contribution in [0.5, 0.6) is 5.75 Å². The topological polar surface area (TPSA) is 62.5 Å². The zero-order chi connectivity index (χ0) is 18.3. The second-order valence-electron chi connectivity index (χ2n) is 5.85. The lowest BCUT2D eigenvalue weighted by atomic mass is 10.0. The number of nitrogens with zero attached hydrogens (tertiary/aromatic N) is 1. The second-order valence-corrected chi connectivity index (χ2v) is 7.35. The Hall–Kier alpha value is -2.11. The van der Waals surface area contributed by atoms with Crippen LogP contribution in [-0.2, 0) is 6.54 Å². The number of benzene rings is 2. The number of aromatic hydroxyl groups is 1. The van der Waals surface area contributed by atoms with Crippen LogP contribution in [0, 0.1) is 13.8 Å². The van der Waals surface area contributed by atoms with Crippen molar-refractivity contribution in [2.75, 3.05) is 0 Å². The third kappa shape index (κ3) is 2.98. The molecular weight excluding hydrogens is 358 g/mol. The fourth-order valence-electron chi connectivity index (χ4n) is 3.06. The molecule has 0 spiro atoms. The summed E-state index contributed by atoms with van der Waals surface area (Å²) in [7, 11) is 0. The third-order valence-electron chi connectivity index (χ3n) is 4.27. The Kier molecular flexibility index (Phi) is 4.71. The van der Waals surface area contributed by atoms with Gasteiger partial charge in [0, 0.05) is 27.4 Å². The summed E-state index contributed by atoms with van der Waals surface area (Å²) >= 11 is 7.33. The van der Waals surface area contributed by atoms with Gasteiger partial charge >= 0.3 is 5.97 Å². The van der Waals surface area contributed by atoms with E-state index in [1.807, 2.05) is 36.6 Å². The lowest BCUT2D eigenvalue weighted by molar-refractivity contribution is 0.0694. The molecule has 0 fully saturated rings. The van der Waals surface area contributed by atoms with E-state index in [1.165, 1.54) is 11.8 Å². The number of phenolic OH excluding ortho intramolecular Hbond substituents is 1. The van der Waals surface area contributed by atoms with Gasteiger partial charge in [-0.25, -0.2) is 4.79 Å². The van der Waals surface area contributed by atoms with Crippen LogP contribution in [-0.4, -0.2) is 20.7 Å². The number of carboxylic acid groups (broad SMARTS) is 1. The minimum Gasteiger partial charge on any atom is -0.507 e. The molecule has 3 rings (SSSR count). The van der Waals surface area contributed by atoms with Gasteiger partial charge in [-0.05, 0) is 56.7 Å². The molecule has 4 nitrogen and oxygen atoms in total. The Labute approximate surface area is 155 Å². The van der Waals surface area contributed by atoms with E-state index in [0.29, 0.717) is 27.5 Å². The number of carboxylic acids is 1. The minimum atomic E-state index is -1.000. The number of rotatable bonds is 4. The van der Waals surface area contributed by atoms with Gasteiger partial charge < -0.3 is 14.8 Å². The molecule has 0 aliphatic carbocycles. The van der Waals surface area contributed by atoms with Crippen LogP contribution in [0.25, 0.3) is 10.9 Å². The molecule has 25 heavy (non-hydrogen) atoms. The average Bonchev–Trinajstić information content (AvgIpc) is 2.88. The van der Waals surface area contributed by atoms with Crippen LogP contribution < -0.4 is 0 Å². The summed E-state index contributed by atoms with van der Waals surface area (Å²) in [6.07, 6.45) is 0. The van der Waals surface area contributed by atoms with Crippen molar-refractivity contribution in [2.24, 2.45) is 0 Å². The molecule has 0 radical (unpaired) electrons. The lowest BCUT2D eigenvalue weighted by Crippen LogP contribution is -2.01. The van der Waals surface area contributed by atoms with Crippen LogP contribution in [0.4, 0.5) is 0 Å². The van der Waals surface area contributed by atoms with E-state index in [2.05, 4.69) is 0 Å². The first-order chi connectivity index (χ1) is 11.8. The van der Waals surface area contributed by atoms with Crippen molar-refractivity contribution in [3.05, 3.63) is 52.0 Å². The molecule has 0 bridgehead atoms. The Morgan fingerprint density at radius 3 is 2.44 bits per heavy atom. The number of fused-ring (bicyclic) bond motifs is 1. The standard InChI is InChI=1S/C19H18ClNO3S/c1-4-21-14-9-10(2)17(22)11(3)15(14)16(19(23)24)18(21)25-13-7-5-12(20)6-8-13/h5-9,22H,4H2,1-3H3,(H,23,24). The van der Waals surface area contributed by atoms with Gasteiger partial charge in [-0.15, -0.1) is 0 Å². The molecule has 3 aromatic rings. The van der Waals surface area contributed by atoms with E-state index >= 15 is 0 Å². The Balaban J connectivity index is 2.33. The van der Waals surface area contributed by atoms with E-state index in [-0.39, 0.29) is 11.3 Å².